The minimum Gasteiger partial charge on any atom is -0.493 e. The minimum absolute atomic E-state index is 0.188. The SMILES string of the molecule is CCN(CC)S(=O)(=O)c1cc(NC(=O)/C=C/c2ccc(OC)c(OC)c2)ccc1C. The minimum atomic E-state index is -3.62. The van der Waals surface area contributed by atoms with Gasteiger partial charge in [-0.3, -0.25) is 4.79 Å². The van der Waals surface area contributed by atoms with Gasteiger partial charge in [0, 0.05) is 24.9 Å². The van der Waals surface area contributed by atoms with E-state index in [1.807, 2.05) is 0 Å². The molecular weight excluding hydrogens is 404 g/mol. The Morgan fingerprint density at radius 3 is 2.30 bits per heavy atom. The van der Waals surface area contributed by atoms with Crippen LogP contribution in [0.4, 0.5) is 5.69 Å². The fraction of sp³-hybridized carbons (Fsp3) is 0.318. The van der Waals surface area contributed by atoms with Gasteiger partial charge in [-0.05, 0) is 48.4 Å². The quantitative estimate of drug-likeness (QED) is 0.611. The first-order valence-corrected chi connectivity index (χ1v) is 11.0. The third kappa shape index (κ3) is 5.40. The number of nitrogens with one attached hydrogen (secondary N) is 1. The number of benzene rings is 2. The molecule has 0 atom stereocenters. The Balaban J connectivity index is 2.21. The molecule has 8 heteroatoms. The van der Waals surface area contributed by atoms with Gasteiger partial charge in [-0.25, -0.2) is 8.42 Å². The van der Waals surface area contributed by atoms with E-state index < -0.39 is 10.0 Å². The molecule has 7 nitrogen and oxygen atoms in total. The van der Waals surface area contributed by atoms with E-state index in [9.17, 15) is 13.2 Å². The van der Waals surface area contributed by atoms with Gasteiger partial charge < -0.3 is 14.8 Å². The maximum atomic E-state index is 12.9. The Morgan fingerprint density at radius 2 is 1.70 bits per heavy atom. The van der Waals surface area contributed by atoms with Crippen LogP contribution >= 0.6 is 0 Å². The van der Waals surface area contributed by atoms with E-state index >= 15 is 0 Å². The number of nitrogens with zero attached hydrogens (tertiary/aromatic N) is 1. The van der Waals surface area contributed by atoms with E-state index in [0.717, 1.165) is 5.56 Å². The average Bonchev–Trinajstić information content (AvgIpc) is 2.73. The van der Waals surface area contributed by atoms with Gasteiger partial charge in [0.25, 0.3) is 0 Å². The summed E-state index contributed by atoms with van der Waals surface area (Å²) >= 11 is 0. The second-order valence-corrected chi connectivity index (χ2v) is 8.41. The molecule has 0 aliphatic carbocycles. The van der Waals surface area contributed by atoms with Crippen molar-refractivity contribution >= 4 is 27.7 Å². The molecule has 0 heterocycles. The number of ether oxygens (including phenoxy) is 2. The van der Waals surface area contributed by atoms with Gasteiger partial charge >= 0.3 is 0 Å². The monoisotopic (exact) mass is 432 g/mol. The van der Waals surface area contributed by atoms with Crippen LogP contribution in [0.15, 0.2) is 47.4 Å². The first kappa shape index (κ1) is 23.4. The van der Waals surface area contributed by atoms with Crippen LogP contribution in [0.3, 0.4) is 0 Å². The highest BCUT2D eigenvalue weighted by Crippen LogP contribution is 2.28. The van der Waals surface area contributed by atoms with E-state index in [2.05, 4.69) is 5.32 Å². The van der Waals surface area contributed by atoms with Crippen LogP contribution in [-0.2, 0) is 14.8 Å². The smallest absolute Gasteiger partial charge is 0.248 e. The predicted molar refractivity (Wildman–Crippen MR) is 118 cm³/mol. The molecule has 1 amide bonds. The topological polar surface area (TPSA) is 84.9 Å². The van der Waals surface area contributed by atoms with Crippen molar-refractivity contribution in [2.45, 2.75) is 25.7 Å². The fourth-order valence-corrected chi connectivity index (χ4v) is 4.68. The molecule has 0 radical (unpaired) electrons. The first-order valence-electron chi connectivity index (χ1n) is 9.58. The molecule has 162 valence electrons. The fourth-order valence-electron chi connectivity index (χ4n) is 2.97. The van der Waals surface area contributed by atoms with Gasteiger partial charge in [0.15, 0.2) is 11.5 Å². The number of sulfonamides is 1. The summed E-state index contributed by atoms with van der Waals surface area (Å²) in [6.45, 7) is 6.08. The van der Waals surface area contributed by atoms with Crippen LogP contribution in [0.2, 0.25) is 0 Å². The number of hydrogen-bond acceptors (Lipinski definition) is 5. The molecule has 2 aromatic rings. The van der Waals surface area contributed by atoms with Crippen molar-refractivity contribution in [2.75, 3.05) is 32.6 Å². The maximum absolute atomic E-state index is 12.9. The van der Waals surface area contributed by atoms with Crippen LogP contribution < -0.4 is 14.8 Å². The number of carbonyl (C=O) groups is 1. The lowest BCUT2D eigenvalue weighted by Crippen LogP contribution is -2.31. The highest BCUT2D eigenvalue weighted by atomic mass is 32.2. The van der Waals surface area contributed by atoms with Crippen LogP contribution in [0.1, 0.15) is 25.0 Å². The second-order valence-electron chi connectivity index (χ2n) is 6.51. The van der Waals surface area contributed by atoms with E-state index in [1.54, 1.807) is 71.4 Å². The summed E-state index contributed by atoms with van der Waals surface area (Å²) in [7, 11) is -0.528. The zero-order valence-electron chi connectivity index (χ0n) is 17.9. The van der Waals surface area contributed by atoms with Crippen molar-refractivity contribution < 1.29 is 22.7 Å². The van der Waals surface area contributed by atoms with E-state index in [4.69, 9.17) is 9.47 Å². The number of carbonyl (C=O) groups excluding carboxylic acids is 1. The predicted octanol–water partition coefficient (Wildman–Crippen LogP) is 3.69. The van der Waals surface area contributed by atoms with E-state index in [1.165, 1.54) is 16.4 Å². The van der Waals surface area contributed by atoms with Crippen LogP contribution in [0, 0.1) is 6.92 Å². The third-order valence-electron chi connectivity index (χ3n) is 4.61. The van der Waals surface area contributed by atoms with Crippen LogP contribution in [0.25, 0.3) is 6.08 Å². The Labute approximate surface area is 178 Å². The van der Waals surface area contributed by atoms with Crippen LogP contribution in [-0.4, -0.2) is 45.9 Å². The first-order chi connectivity index (χ1) is 14.3. The van der Waals surface area contributed by atoms with Crippen molar-refractivity contribution in [2.24, 2.45) is 0 Å². The molecule has 0 aliphatic rings. The molecule has 0 aromatic heterocycles. The summed E-state index contributed by atoms with van der Waals surface area (Å²) in [6.07, 6.45) is 3.01. The third-order valence-corrected chi connectivity index (χ3v) is 6.81. The molecule has 2 rings (SSSR count). The summed E-state index contributed by atoms with van der Waals surface area (Å²) in [6, 6.07) is 10.2. The maximum Gasteiger partial charge on any atom is 0.248 e. The van der Waals surface area contributed by atoms with E-state index in [0.29, 0.717) is 35.8 Å². The number of hydrogen-bond donors (Lipinski definition) is 1. The highest BCUT2D eigenvalue weighted by Gasteiger charge is 2.24. The van der Waals surface area contributed by atoms with Crippen molar-refractivity contribution in [1.29, 1.82) is 0 Å². The number of anilines is 1. The molecule has 0 fully saturated rings. The summed E-state index contributed by atoms with van der Waals surface area (Å²) < 4.78 is 37.5. The van der Waals surface area contributed by atoms with Crippen molar-refractivity contribution in [3.8, 4) is 11.5 Å². The second kappa shape index (κ2) is 10.3. The molecule has 0 unspecified atom stereocenters. The molecule has 0 bridgehead atoms. The molecule has 2 aromatic carbocycles. The number of methoxy groups -OCH3 is 2. The lowest BCUT2D eigenvalue weighted by Gasteiger charge is -2.20. The summed E-state index contributed by atoms with van der Waals surface area (Å²) in [4.78, 5) is 12.5. The van der Waals surface area contributed by atoms with Gasteiger partial charge in [-0.15, -0.1) is 0 Å². The number of amides is 1. The van der Waals surface area contributed by atoms with Gasteiger partial charge in [0.05, 0.1) is 19.1 Å². The van der Waals surface area contributed by atoms with Crippen molar-refractivity contribution in [3.05, 3.63) is 53.6 Å². The van der Waals surface area contributed by atoms with Gasteiger partial charge in [-0.2, -0.15) is 4.31 Å². The lowest BCUT2D eigenvalue weighted by atomic mass is 10.2. The number of aryl methyl sites for hydroxylation is 1. The standard InChI is InChI=1S/C22H28N2O5S/c1-6-24(7-2)30(26,27)21-15-18(11-8-16(21)3)23-22(25)13-10-17-9-12-19(28-4)20(14-17)29-5/h8-15H,6-7H2,1-5H3,(H,23,25)/b13-10+. The van der Waals surface area contributed by atoms with Gasteiger partial charge in [0.1, 0.15) is 0 Å². The highest BCUT2D eigenvalue weighted by molar-refractivity contribution is 7.89. The molecule has 0 saturated carbocycles. The summed E-state index contributed by atoms with van der Waals surface area (Å²) in [5.41, 5.74) is 1.80. The molecule has 0 saturated heterocycles. The molecule has 0 spiro atoms. The Bertz CT molecular complexity index is 1030. The average molecular weight is 433 g/mol. The largest absolute Gasteiger partial charge is 0.493 e. The van der Waals surface area contributed by atoms with E-state index in [-0.39, 0.29) is 10.8 Å². The summed E-state index contributed by atoms with van der Waals surface area (Å²) in [5, 5.41) is 2.71. The lowest BCUT2D eigenvalue weighted by molar-refractivity contribution is -0.111. The van der Waals surface area contributed by atoms with Crippen molar-refractivity contribution in [1.82, 2.24) is 4.31 Å². The zero-order valence-corrected chi connectivity index (χ0v) is 18.7. The normalized spacial score (nSPS) is 11.7. The Kier molecular flexibility index (Phi) is 8.02. The molecular formula is C22H28N2O5S. The molecule has 1 N–H and O–H groups in total. The zero-order chi connectivity index (χ0) is 22.3. The Morgan fingerprint density at radius 1 is 1.03 bits per heavy atom. The van der Waals surface area contributed by atoms with Gasteiger partial charge in [0.2, 0.25) is 15.9 Å². The Hall–Kier alpha value is -2.84. The molecule has 0 aliphatic heterocycles. The summed E-state index contributed by atoms with van der Waals surface area (Å²) in [5.74, 6) is 0.783. The van der Waals surface area contributed by atoms with Crippen LogP contribution in [0.5, 0.6) is 11.5 Å². The number of rotatable bonds is 9. The van der Waals surface area contributed by atoms with Crippen molar-refractivity contribution in [3.63, 3.8) is 0 Å². The van der Waals surface area contributed by atoms with Gasteiger partial charge in [-0.1, -0.05) is 26.0 Å². The molecule has 30 heavy (non-hydrogen) atoms.